The number of hydrogen-bond acceptors (Lipinski definition) is 2. The summed E-state index contributed by atoms with van der Waals surface area (Å²) in [5.41, 5.74) is 11.2. The van der Waals surface area contributed by atoms with Crippen LogP contribution >= 0.6 is 0 Å². The van der Waals surface area contributed by atoms with Gasteiger partial charge in [0, 0.05) is 16.2 Å². The van der Waals surface area contributed by atoms with Crippen LogP contribution in [0.25, 0.3) is 21.6 Å². The van der Waals surface area contributed by atoms with E-state index < -0.39 is 11.7 Å². The fraction of sp³-hybridized carbons (Fsp3) is 0.136. The first-order chi connectivity index (χ1) is 14.3. The lowest BCUT2D eigenvalue weighted by molar-refractivity contribution is -0.137. The van der Waals surface area contributed by atoms with E-state index in [1.54, 1.807) is 36.4 Å². The number of rotatable bonds is 5. The normalized spacial score (nSPS) is 10.9. The number of amides is 1. The second-order valence-electron chi connectivity index (χ2n) is 6.61. The highest BCUT2D eigenvalue weighted by molar-refractivity contribution is 6.09. The Morgan fingerprint density at radius 1 is 1.07 bits per heavy atom. The van der Waals surface area contributed by atoms with E-state index in [2.05, 4.69) is 15.3 Å². The number of alkyl halides is 3. The lowest BCUT2D eigenvalue weighted by Gasteiger charge is -2.13. The molecule has 0 spiro atoms. The highest BCUT2D eigenvalue weighted by Gasteiger charge is 2.30. The lowest BCUT2D eigenvalue weighted by atomic mass is 9.98. The Labute approximate surface area is 170 Å². The van der Waals surface area contributed by atoms with Crippen LogP contribution < -0.4 is 5.32 Å². The standard InChI is InChI=1S/C22H17F3N4O/c1-14-12-15(13-27-29-26)6-11-20(14)28-21(30)19-5-3-2-4-18(19)16-7-9-17(10-8-16)22(23,24)25/h2-12H,13H2,1H3,(H,28,30). The van der Waals surface area contributed by atoms with E-state index in [4.69, 9.17) is 5.53 Å². The molecule has 0 aliphatic carbocycles. The second kappa shape index (κ2) is 8.71. The van der Waals surface area contributed by atoms with Crippen molar-refractivity contribution in [1.82, 2.24) is 0 Å². The highest BCUT2D eigenvalue weighted by atomic mass is 19.4. The maximum absolute atomic E-state index is 12.9. The topological polar surface area (TPSA) is 77.9 Å². The molecule has 8 heteroatoms. The number of azide groups is 1. The smallest absolute Gasteiger partial charge is 0.322 e. The number of halogens is 3. The molecular formula is C22H17F3N4O. The van der Waals surface area contributed by atoms with Gasteiger partial charge in [-0.1, -0.05) is 47.6 Å². The molecule has 3 aromatic carbocycles. The summed E-state index contributed by atoms with van der Waals surface area (Å²) in [5, 5.41) is 6.34. The van der Waals surface area contributed by atoms with Gasteiger partial charge in [0.05, 0.1) is 12.1 Å². The number of anilines is 1. The van der Waals surface area contributed by atoms with Gasteiger partial charge in [-0.15, -0.1) is 0 Å². The number of hydrogen-bond donors (Lipinski definition) is 1. The zero-order valence-corrected chi connectivity index (χ0v) is 15.9. The molecule has 30 heavy (non-hydrogen) atoms. The zero-order chi connectivity index (χ0) is 21.7. The van der Waals surface area contributed by atoms with Gasteiger partial charge in [0.1, 0.15) is 0 Å². The van der Waals surface area contributed by atoms with E-state index in [9.17, 15) is 18.0 Å². The van der Waals surface area contributed by atoms with E-state index in [0.717, 1.165) is 23.3 Å². The molecule has 0 atom stereocenters. The molecule has 0 aliphatic rings. The third-order valence-corrected chi connectivity index (χ3v) is 4.55. The van der Waals surface area contributed by atoms with Crippen LogP contribution in [0.3, 0.4) is 0 Å². The van der Waals surface area contributed by atoms with Crippen LogP contribution in [0.1, 0.15) is 27.0 Å². The predicted octanol–water partition coefficient (Wildman–Crippen LogP) is 6.74. The summed E-state index contributed by atoms with van der Waals surface area (Å²) in [4.78, 5) is 15.6. The number of benzene rings is 3. The molecule has 3 aromatic rings. The van der Waals surface area contributed by atoms with Crippen LogP contribution in [-0.4, -0.2) is 5.91 Å². The lowest BCUT2D eigenvalue weighted by Crippen LogP contribution is -2.14. The maximum atomic E-state index is 12.9. The van der Waals surface area contributed by atoms with E-state index in [1.807, 2.05) is 13.0 Å². The molecule has 0 heterocycles. The van der Waals surface area contributed by atoms with Crippen LogP contribution in [0.2, 0.25) is 0 Å². The minimum atomic E-state index is -4.42. The molecule has 3 rings (SSSR count). The number of nitrogens with one attached hydrogen (secondary N) is 1. The minimum Gasteiger partial charge on any atom is -0.322 e. The first-order valence-electron chi connectivity index (χ1n) is 8.98. The molecule has 0 saturated carbocycles. The molecule has 0 radical (unpaired) electrons. The van der Waals surface area contributed by atoms with Crippen LogP contribution in [0, 0.1) is 6.92 Å². The fourth-order valence-electron chi connectivity index (χ4n) is 3.04. The summed E-state index contributed by atoms with van der Waals surface area (Å²) in [6.45, 7) is 2.03. The maximum Gasteiger partial charge on any atom is 0.416 e. The van der Waals surface area contributed by atoms with Crippen molar-refractivity contribution in [2.24, 2.45) is 5.11 Å². The molecule has 1 N–H and O–H groups in total. The van der Waals surface area contributed by atoms with E-state index in [-0.39, 0.29) is 12.5 Å². The number of carbonyl (C=O) groups is 1. The van der Waals surface area contributed by atoms with Gasteiger partial charge in [-0.25, -0.2) is 0 Å². The van der Waals surface area contributed by atoms with Crippen molar-refractivity contribution in [1.29, 1.82) is 0 Å². The van der Waals surface area contributed by atoms with Gasteiger partial charge in [-0.2, -0.15) is 13.2 Å². The van der Waals surface area contributed by atoms with Crippen molar-refractivity contribution in [3.8, 4) is 11.1 Å². The van der Waals surface area contributed by atoms with Crippen molar-refractivity contribution in [3.63, 3.8) is 0 Å². The Hall–Kier alpha value is -3.77. The number of carbonyl (C=O) groups excluding carboxylic acids is 1. The Kier molecular flexibility index (Phi) is 6.09. The average Bonchev–Trinajstić information content (AvgIpc) is 2.73. The summed E-state index contributed by atoms with van der Waals surface area (Å²) >= 11 is 0. The third-order valence-electron chi connectivity index (χ3n) is 4.55. The molecule has 0 unspecified atom stereocenters. The van der Waals surface area contributed by atoms with Gasteiger partial charge in [0.25, 0.3) is 5.91 Å². The largest absolute Gasteiger partial charge is 0.416 e. The predicted molar refractivity (Wildman–Crippen MR) is 109 cm³/mol. The van der Waals surface area contributed by atoms with Gasteiger partial charge >= 0.3 is 6.18 Å². The molecular weight excluding hydrogens is 393 g/mol. The molecule has 0 aromatic heterocycles. The van der Waals surface area contributed by atoms with E-state index >= 15 is 0 Å². The molecule has 1 amide bonds. The van der Waals surface area contributed by atoms with E-state index in [1.165, 1.54) is 12.1 Å². The first kappa shape index (κ1) is 21.0. The van der Waals surface area contributed by atoms with Crippen LogP contribution in [-0.2, 0) is 12.7 Å². The summed E-state index contributed by atoms with van der Waals surface area (Å²) in [5.74, 6) is -0.378. The summed E-state index contributed by atoms with van der Waals surface area (Å²) in [7, 11) is 0. The molecule has 152 valence electrons. The molecule has 0 saturated heterocycles. The van der Waals surface area contributed by atoms with Gasteiger partial charge in [0.15, 0.2) is 0 Å². The fourth-order valence-corrected chi connectivity index (χ4v) is 3.04. The van der Waals surface area contributed by atoms with Crippen molar-refractivity contribution >= 4 is 11.6 Å². The van der Waals surface area contributed by atoms with Crippen molar-refractivity contribution in [3.05, 3.63) is 99.4 Å². The zero-order valence-electron chi connectivity index (χ0n) is 15.9. The number of aryl methyl sites for hydroxylation is 1. The van der Waals surface area contributed by atoms with E-state index in [0.29, 0.717) is 22.4 Å². The molecule has 0 aliphatic heterocycles. The molecule has 5 nitrogen and oxygen atoms in total. The third kappa shape index (κ3) is 4.79. The Bertz CT molecular complexity index is 1120. The monoisotopic (exact) mass is 410 g/mol. The Morgan fingerprint density at radius 2 is 1.77 bits per heavy atom. The van der Waals surface area contributed by atoms with Gasteiger partial charge in [-0.05, 0) is 59.0 Å². The summed E-state index contributed by atoms with van der Waals surface area (Å²) in [6, 6.07) is 16.7. The molecule has 0 bridgehead atoms. The average molecular weight is 410 g/mol. The Balaban J connectivity index is 1.87. The Morgan fingerprint density at radius 3 is 2.40 bits per heavy atom. The summed E-state index contributed by atoms with van der Waals surface area (Å²) in [6.07, 6.45) is -4.42. The van der Waals surface area contributed by atoms with Gasteiger partial charge in [-0.3, -0.25) is 4.79 Å². The van der Waals surface area contributed by atoms with Crippen molar-refractivity contribution in [2.75, 3.05) is 5.32 Å². The SMILES string of the molecule is Cc1cc(CN=[N+]=[N-])ccc1NC(=O)c1ccccc1-c1ccc(C(F)(F)F)cc1. The van der Waals surface area contributed by atoms with Gasteiger partial charge in [0.2, 0.25) is 0 Å². The minimum absolute atomic E-state index is 0.211. The van der Waals surface area contributed by atoms with Crippen molar-refractivity contribution in [2.45, 2.75) is 19.6 Å². The molecule has 0 fully saturated rings. The van der Waals surface area contributed by atoms with Crippen LogP contribution in [0.15, 0.2) is 71.8 Å². The number of nitrogens with zero attached hydrogens (tertiary/aromatic N) is 3. The first-order valence-corrected chi connectivity index (χ1v) is 8.98. The second-order valence-corrected chi connectivity index (χ2v) is 6.61. The van der Waals surface area contributed by atoms with Crippen LogP contribution in [0.4, 0.5) is 18.9 Å². The summed E-state index contributed by atoms with van der Waals surface area (Å²) < 4.78 is 38.5. The van der Waals surface area contributed by atoms with Crippen LogP contribution in [0.5, 0.6) is 0 Å². The highest BCUT2D eigenvalue weighted by Crippen LogP contribution is 2.32. The van der Waals surface area contributed by atoms with Crippen molar-refractivity contribution < 1.29 is 18.0 Å². The quantitative estimate of drug-likeness (QED) is 0.282. The van der Waals surface area contributed by atoms with Gasteiger partial charge < -0.3 is 5.32 Å².